The van der Waals surface area contributed by atoms with Crippen molar-refractivity contribution in [3.63, 3.8) is 0 Å². The molecule has 4 aromatic rings. The molecule has 0 saturated heterocycles. The molecule has 4 rings (SSSR count). The zero-order valence-corrected chi connectivity index (χ0v) is 13.7. The Morgan fingerprint density at radius 1 is 1.08 bits per heavy atom. The molecule has 0 amide bonds. The molecule has 2 aromatic carbocycles. The van der Waals surface area contributed by atoms with Gasteiger partial charge in [0.2, 0.25) is 0 Å². The predicted molar refractivity (Wildman–Crippen MR) is 95.6 cm³/mol. The van der Waals surface area contributed by atoms with E-state index in [0.29, 0.717) is 22.4 Å². The Balaban J connectivity index is 1.77. The summed E-state index contributed by atoms with van der Waals surface area (Å²) >= 11 is 1.52. The molecule has 5 heteroatoms. The molecule has 0 fully saturated rings. The lowest BCUT2D eigenvalue weighted by molar-refractivity contribution is 0.415. The van der Waals surface area contributed by atoms with Crippen molar-refractivity contribution < 1.29 is 9.26 Å². The van der Waals surface area contributed by atoms with Crippen molar-refractivity contribution in [3.05, 3.63) is 70.2 Å². The Morgan fingerprint density at radius 2 is 1.88 bits per heavy atom. The van der Waals surface area contributed by atoms with E-state index in [2.05, 4.69) is 5.16 Å². The highest BCUT2D eigenvalue weighted by molar-refractivity contribution is 7.16. The Hall–Kier alpha value is -2.92. The quantitative estimate of drug-likeness (QED) is 0.549. The number of hydrogen-bond acceptors (Lipinski definition) is 5. The highest BCUT2D eigenvalue weighted by atomic mass is 32.1. The first-order valence-electron chi connectivity index (χ1n) is 7.38. The van der Waals surface area contributed by atoms with Gasteiger partial charge < -0.3 is 9.26 Å². The van der Waals surface area contributed by atoms with Crippen LogP contribution in [0.5, 0.6) is 5.75 Å². The van der Waals surface area contributed by atoms with Crippen LogP contribution >= 0.6 is 11.3 Å². The zero-order valence-electron chi connectivity index (χ0n) is 12.9. The van der Waals surface area contributed by atoms with Crippen molar-refractivity contribution >= 4 is 21.4 Å². The van der Waals surface area contributed by atoms with Crippen molar-refractivity contribution in [1.29, 1.82) is 0 Å². The van der Waals surface area contributed by atoms with Gasteiger partial charge in [0.05, 0.1) is 12.7 Å². The van der Waals surface area contributed by atoms with E-state index in [1.807, 2.05) is 53.9 Å². The molecule has 0 bridgehead atoms. The Kier molecular flexibility index (Phi) is 3.63. The molecule has 2 heterocycles. The summed E-state index contributed by atoms with van der Waals surface area (Å²) in [4.78, 5) is 12.7. The summed E-state index contributed by atoms with van der Waals surface area (Å²) in [7, 11) is 1.62. The highest BCUT2D eigenvalue weighted by Crippen LogP contribution is 2.28. The number of fused-ring (bicyclic) bond motifs is 1. The van der Waals surface area contributed by atoms with Crippen LogP contribution in [0.1, 0.15) is 0 Å². The van der Waals surface area contributed by atoms with Crippen LogP contribution in [0.15, 0.2) is 69.3 Å². The summed E-state index contributed by atoms with van der Waals surface area (Å²) in [5, 5.41) is 6.61. The molecule has 0 unspecified atom stereocenters. The first-order valence-corrected chi connectivity index (χ1v) is 8.26. The molecule has 4 nitrogen and oxygen atoms in total. The lowest BCUT2D eigenvalue weighted by Gasteiger charge is -1.99. The Morgan fingerprint density at radius 3 is 2.67 bits per heavy atom. The highest BCUT2D eigenvalue weighted by Gasteiger charge is 2.13. The minimum absolute atomic E-state index is 0.0400. The predicted octanol–water partition coefficient (Wildman–Crippen LogP) is 4.59. The van der Waals surface area contributed by atoms with E-state index in [1.54, 1.807) is 13.2 Å². The standard InChI is InChI=1S/C19H13NO3S/c1-22-13-8-6-12(7-9-13)16-10-17(23-20-16)15-11-24-18-5-3-2-4-14(18)19(15)21/h2-11H,1H3. The topological polar surface area (TPSA) is 52.3 Å². The molecule has 0 atom stereocenters. The number of benzene rings is 2. The Bertz CT molecular complexity index is 1060. The maximum atomic E-state index is 12.7. The van der Waals surface area contributed by atoms with E-state index in [0.717, 1.165) is 16.0 Å². The van der Waals surface area contributed by atoms with Gasteiger partial charge in [0.15, 0.2) is 11.2 Å². The average Bonchev–Trinajstić information content (AvgIpc) is 3.12. The summed E-state index contributed by atoms with van der Waals surface area (Å²) < 4.78 is 11.5. The molecule has 0 N–H and O–H groups in total. The van der Waals surface area contributed by atoms with Gasteiger partial charge in [0.1, 0.15) is 11.4 Å². The van der Waals surface area contributed by atoms with E-state index in [9.17, 15) is 4.79 Å². The third-order valence-corrected chi connectivity index (χ3v) is 4.80. The van der Waals surface area contributed by atoms with Crippen LogP contribution in [0.2, 0.25) is 0 Å². The van der Waals surface area contributed by atoms with Gasteiger partial charge in [-0.15, -0.1) is 11.3 Å². The molecule has 0 saturated carbocycles. The molecule has 118 valence electrons. The van der Waals surface area contributed by atoms with Gasteiger partial charge in [-0.3, -0.25) is 4.79 Å². The van der Waals surface area contributed by atoms with Crippen LogP contribution in [-0.4, -0.2) is 12.3 Å². The number of ether oxygens (including phenoxy) is 1. The van der Waals surface area contributed by atoms with Crippen LogP contribution in [0.25, 0.3) is 32.7 Å². The number of nitrogens with zero attached hydrogens (tertiary/aromatic N) is 1. The van der Waals surface area contributed by atoms with Gasteiger partial charge >= 0.3 is 0 Å². The molecule has 0 aliphatic heterocycles. The minimum Gasteiger partial charge on any atom is -0.497 e. The summed E-state index contributed by atoms with van der Waals surface area (Å²) in [5.74, 6) is 1.26. The second kappa shape index (κ2) is 5.94. The van der Waals surface area contributed by atoms with Gasteiger partial charge in [-0.25, -0.2) is 0 Å². The SMILES string of the molecule is COc1ccc(-c2cc(-c3csc4ccccc4c3=O)on2)cc1. The maximum absolute atomic E-state index is 12.7. The van der Waals surface area contributed by atoms with E-state index < -0.39 is 0 Å². The maximum Gasteiger partial charge on any atom is 0.199 e. The molecule has 2 aromatic heterocycles. The molecule has 0 spiro atoms. The van der Waals surface area contributed by atoms with Crippen LogP contribution in [0.3, 0.4) is 0 Å². The van der Waals surface area contributed by atoms with Gasteiger partial charge in [-0.05, 0) is 36.4 Å². The number of hydrogen-bond donors (Lipinski definition) is 0. The van der Waals surface area contributed by atoms with Crippen molar-refractivity contribution in [2.45, 2.75) is 0 Å². The smallest absolute Gasteiger partial charge is 0.199 e. The van der Waals surface area contributed by atoms with Gasteiger partial charge in [0, 0.05) is 27.1 Å². The first kappa shape index (κ1) is 14.7. The van der Waals surface area contributed by atoms with Crippen LogP contribution < -0.4 is 10.2 Å². The molecular formula is C19H13NO3S. The van der Waals surface area contributed by atoms with Crippen LogP contribution in [0, 0.1) is 0 Å². The van der Waals surface area contributed by atoms with E-state index in [4.69, 9.17) is 9.26 Å². The van der Waals surface area contributed by atoms with Gasteiger partial charge in [0.25, 0.3) is 0 Å². The van der Waals surface area contributed by atoms with Crippen molar-refractivity contribution in [2.75, 3.05) is 7.11 Å². The third-order valence-electron chi connectivity index (χ3n) is 3.84. The van der Waals surface area contributed by atoms with Crippen molar-refractivity contribution in [2.24, 2.45) is 0 Å². The Labute approximate surface area is 141 Å². The van der Waals surface area contributed by atoms with Crippen molar-refractivity contribution in [1.82, 2.24) is 5.16 Å². The summed E-state index contributed by atoms with van der Waals surface area (Å²) in [6.07, 6.45) is 0. The van der Waals surface area contributed by atoms with E-state index >= 15 is 0 Å². The molecule has 24 heavy (non-hydrogen) atoms. The monoisotopic (exact) mass is 335 g/mol. The molecule has 0 aliphatic carbocycles. The molecule has 0 radical (unpaired) electrons. The normalized spacial score (nSPS) is 10.9. The summed E-state index contributed by atoms with van der Waals surface area (Å²) in [6, 6.07) is 16.9. The van der Waals surface area contributed by atoms with Crippen LogP contribution in [-0.2, 0) is 0 Å². The fraction of sp³-hybridized carbons (Fsp3) is 0.0526. The zero-order chi connectivity index (χ0) is 16.5. The minimum atomic E-state index is -0.0400. The van der Waals surface area contributed by atoms with Gasteiger partial charge in [-0.1, -0.05) is 17.3 Å². The summed E-state index contributed by atoms with van der Waals surface area (Å²) in [5.41, 5.74) is 2.08. The van der Waals surface area contributed by atoms with E-state index in [-0.39, 0.29) is 5.43 Å². The van der Waals surface area contributed by atoms with Crippen molar-refractivity contribution in [3.8, 4) is 28.3 Å². The molecular weight excluding hydrogens is 322 g/mol. The number of methoxy groups -OCH3 is 1. The molecule has 0 aliphatic rings. The average molecular weight is 335 g/mol. The number of rotatable bonds is 3. The third kappa shape index (κ3) is 2.49. The largest absolute Gasteiger partial charge is 0.497 e. The fourth-order valence-corrected chi connectivity index (χ4v) is 3.46. The fourth-order valence-electron chi connectivity index (χ4n) is 2.55. The van der Waals surface area contributed by atoms with Gasteiger partial charge in [-0.2, -0.15) is 0 Å². The second-order valence-corrected chi connectivity index (χ2v) is 6.19. The van der Waals surface area contributed by atoms with Crippen LogP contribution in [0.4, 0.5) is 0 Å². The lowest BCUT2D eigenvalue weighted by Crippen LogP contribution is -2.02. The van der Waals surface area contributed by atoms with E-state index in [1.165, 1.54) is 11.3 Å². The number of aromatic nitrogens is 1. The second-order valence-electron chi connectivity index (χ2n) is 5.28. The first-order chi connectivity index (χ1) is 11.8. The lowest BCUT2D eigenvalue weighted by atomic mass is 10.1. The summed E-state index contributed by atoms with van der Waals surface area (Å²) in [6.45, 7) is 0.